The molecule has 22 heavy (non-hydrogen) atoms. The molecule has 0 radical (unpaired) electrons. The number of nitrogens with zero attached hydrogens (tertiary/aromatic N) is 3. The van der Waals surface area contributed by atoms with Gasteiger partial charge in [0.25, 0.3) is 0 Å². The Bertz CT molecular complexity index is 556. The van der Waals surface area contributed by atoms with Gasteiger partial charge in [-0.05, 0) is 24.3 Å². The molecule has 120 valence electrons. The maximum atomic E-state index is 5.52. The Labute approximate surface area is 137 Å². The van der Waals surface area contributed by atoms with Gasteiger partial charge < -0.3 is 10.3 Å². The molecule has 0 aliphatic heterocycles. The van der Waals surface area contributed by atoms with Gasteiger partial charge in [-0.15, -0.1) is 12.4 Å². The lowest BCUT2D eigenvalue weighted by molar-refractivity contribution is 0.160. The highest BCUT2D eigenvalue weighted by Gasteiger charge is 2.22. The normalized spacial score (nSPS) is 14.6. The molecule has 1 heterocycles. The summed E-state index contributed by atoms with van der Waals surface area (Å²) in [4.78, 5) is 6.72. The molecule has 0 unspecified atom stereocenters. The van der Waals surface area contributed by atoms with Gasteiger partial charge in [0.05, 0.1) is 13.1 Å². The van der Waals surface area contributed by atoms with Crippen LogP contribution in [-0.4, -0.2) is 21.6 Å². The van der Waals surface area contributed by atoms with Crippen LogP contribution in [0.15, 0.2) is 34.9 Å². The Morgan fingerprint density at radius 1 is 1.18 bits per heavy atom. The van der Waals surface area contributed by atoms with Crippen LogP contribution in [0.4, 0.5) is 0 Å². The van der Waals surface area contributed by atoms with Crippen LogP contribution in [0, 0.1) is 5.92 Å². The molecule has 1 aromatic heterocycles. The third-order valence-corrected chi connectivity index (χ3v) is 4.04. The molecule has 6 heteroatoms. The van der Waals surface area contributed by atoms with Crippen LogP contribution < -0.4 is 5.73 Å². The maximum absolute atomic E-state index is 5.52. The Kier molecular flexibility index (Phi) is 6.36. The molecular weight excluding hydrogens is 300 g/mol. The van der Waals surface area contributed by atoms with Crippen molar-refractivity contribution in [1.82, 2.24) is 15.0 Å². The van der Waals surface area contributed by atoms with E-state index in [4.69, 9.17) is 10.3 Å². The van der Waals surface area contributed by atoms with Crippen LogP contribution in [-0.2, 0) is 19.6 Å². The minimum Gasteiger partial charge on any atom is -0.338 e. The Balaban J connectivity index is 0.00000176. The van der Waals surface area contributed by atoms with E-state index in [0.29, 0.717) is 12.4 Å². The highest BCUT2D eigenvalue weighted by Crippen LogP contribution is 2.28. The molecule has 2 N–H and O–H groups in total. The first kappa shape index (κ1) is 16.9. The standard InChI is InChI=1S/C16H22N4O.ClH/c17-9-16-18-15(19-21-16)12-20(11-14-7-4-8-14)10-13-5-2-1-3-6-13;/h1-3,5-6,14H,4,7-12,17H2;1H. The van der Waals surface area contributed by atoms with Crippen LogP contribution >= 0.6 is 12.4 Å². The van der Waals surface area contributed by atoms with E-state index in [0.717, 1.165) is 31.4 Å². The summed E-state index contributed by atoms with van der Waals surface area (Å²) in [7, 11) is 0. The van der Waals surface area contributed by atoms with E-state index in [1.54, 1.807) is 0 Å². The van der Waals surface area contributed by atoms with Crippen molar-refractivity contribution >= 4 is 12.4 Å². The van der Waals surface area contributed by atoms with E-state index in [1.807, 2.05) is 6.07 Å². The Hall–Kier alpha value is -1.43. The van der Waals surface area contributed by atoms with E-state index >= 15 is 0 Å². The van der Waals surface area contributed by atoms with Gasteiger partial charge in [-0.1, -0.05) is 41.9 Å². The zero-order valence-electron chi connectivity index (χ0n) is 12.6. The highest BCUT2D eigenvalue weighted by molar-refractivity contribution is 5.85. The lowest BCUT2D eigenvalue weighted by atomic mass is 9.85. The van der Waals surface area contributed by atoms with Crippen molar-refractivity contribution in [2.24, 2.45) is 11.7 Å². The predicted molar refractivity (Wildman–Crippen MR) is 87.3 cm³/mol. The van der Waals surface area contributed by atoms with E-state index in [9.17, 15) is 0 Å². The van der Waals surface area contributed by atoms with Crippen molar-refractivity contribution in [2.45, 2.75) is 38.9 Å². The zero-order valence-corrected chi connectivity index (χ0v) is 13.5. The second-order valence-electron chi connectivity index (χ2n) is 5.76. The zero-order chi connectivity index (χ0) is 14.5. The second kappa shape index (κ2) is 8.27. The predicted octanol–water partition coefficient (Wildman–Crippen LogP) is 2.75. The lowest BCUT2D eigenvalue weighted by Crippen LogP contribution is -2.32. The summed E-state index contributed by atoms with van der Waals surface area (Å²) in [6, 6.07) is 10.5. The quantitative estimate of drug-likeness (QED) is 0.849. The van der Waals surface area contributed by atoms with Gasteiger partial charge >= 0.3 is 0 Å². The van der Waals surface area contributed by atoms with Crippen molar-refractivity contribution in [2.75, 3.05) is 6.54 Å². The summed E-state index contributed by atoms with van der Waals surface area (Å²) in [5.74, 6) is 2.05. The molecule has 3 rings (SSSR count). The molecule has 0 atom stereocenters. The smallest absolute Gasteiger partial charge is 0.240 e. The second-order valence-corrected chi connectivity index (χ2v) is 5.76. The summed E-state index contributed by atoms with van der Waals surface area (Å²) in [6.07, 6.45) is 4.04. The fourth-order valence-corrected chi connectivity index (χ4v) is 2.70. The molecule has 1 aliphatic rings. The Morgan fingerprint density at radius 3 is 2.55 bits per heavy atom. The number of benzene rings is 1. The molecule has 0 spiro atoms. The lowest BCUT2D eigenvalue weighted by Gasteiger charge is -2.31. The summed E-state index contributed by atoms with van der Waals surface area (Å²) >= 11 is 0. The van der Waals surface area contributed by atoms with Gasteiger partial charge in [0.1, 0.15) is 0 Å². The van der Waals surface area contributed by atoms with E-state index in [-0.39, 0.29) is 12.4 Å². The van der Waals surface area contributed by atoms with Gasteiger partial charge in [0.15, 0.2) is 5.82 Å². The number of nitrogens with two attached hydrogens (primary N) is 1. The maximum Gasteiger partial charge on any atom is 0.240 e. The molecule has 2 aromatic rings. The minimum atomic E-state index is 0. The van der Waals surface area contributed by atoms with Gasteiger partial charge in [-0.25, -0.2) is 0 Å². The number of halogens is 1. The van der Waals surface area contributed by atoms with E-state index in [1.165, 1.54) is 24.8 Å². The number of rotatable bonds is 7. The first-order valence-corrected chi connectivity index (χ1v) is 7.61. The first-order valence-electron chi connectivity index (χ1n) is 7.61. The average Bonchev–Trinajstić information content (AvgIpc) is 2.91. The van der Waals surface area contributed by atoms with Gasteiger partial charge in [-0.3, -0.25) is 4.90 Å². The van der Waals surface area contributed by atoms with Crippen molar-refractivity contribution in [1.29, 1.82) is 0 Å². The van der Waals surface area contributed by atoms with Crippen molar-refractivity contribution in [3.8, 4) is 0 Å². The van der Waals surface area contributed by atoms with Crippen LogP contribution in [0.2, 0.25) is 0 Å². The fourth-order valence-electron chi connectivity index (χ4n) is 2.70. The van der Waals surface area contributed by atoms with E-state index in [2.05, 4.69) is 39.3 Å². The van der Waals surface area contributed by atoms with Crippen molar-refractivity contribution < 1.29 is 4.52 Å². The summed E-state index contributed by atoms with van der Waals surface area (Å²) < 4.78 is 5.10. The van der Waals surface area contributed by atoms with Gasteiger partial charge in [-0.2, -0.15) is 4.98 Å². The third-order valence-electron chi connectivity index (χ3n) is 4.04. The molecule has 1 aliphatic carbocycles. The van der Waals surface area contributed by atoms with Crippen LogP contribution in [0.3, 0.4) is 0 Å². The fraction of sp³-hybridized carbons (Fsp3) is 0.500. The molecule has 1 aromatic carbocycles. The Morgan fingerprint density at radius 2 is 1.95 bits per heavy atom. The summed E-state index contributed by atoms with van der Waals surface area (Å²) in [5.41, 5.74) is 6.84. The number of hydrogen-bond donors (Lipinski definition) is 1. The highest BCUT2D eigenvalue weighted by atomic mass is 35.5. The molecule has 1 fully saturated rings. The largest absolute Gasteiger partial charge is 0.338 e. The average molecular weight is 323 g/mol. The van der Waals surface area contributed by atoms with Crippen LogP contribution in [0.25, 0.3) is 0 Å². The van der Waals surface area contributed by atoms with Crippen molar-refractivity contribution in [3.63, 3.8) is 0 Å². The molecule has 0 bridgehead atoms. The van der Waals surface area contributed by atoms with E-state index < -0.39 is 0 Å². The first-order chi connectivity index (χ1) is 10.3. The van der Waals surface area contributed by atoms with Gasteiger partial charge in [0, 0.05) is 13.1 Å². The molecule has 0 amide bonds. The monoisotopic (exact) mass is 322 g/mol. The SMILES string of the molecule is Cl.NCc1nc(CN(Cc2ccccc2)CC2CCC2)no1. The van der Waals surface area contributed by atoms with Crippen LogP contribution in [0.5, 0.6) is 0 Å². The topological polar surface area (TPSA) is 68.2 Å². The summed E-state index contributed by atoms with van der Waals surface area (Å²) in [5, 5.41) is 4.01. The van der Waals surface area contributed by atoms with Crippen LogP contribution in [0.1, 0.15) is 36.5 Å². The molecule has 0 saturated heterocycles. The molecule has 1 saturated carbocycles. The molecular formula is C16H23ClN4O. The minimum absolute atomic E-state index is 0. The molecule has 5 nitrogen and oxygen atoms in total. The van der Waals surface area contributed by atoms with Gasteiger partial charge in [0.2, 0.25) is 5.89 Å². The number of hydrogen-bond acceptors (Lipinski definition) is 5. The third kappa shape index (κ3) is 4.53. The van der Waals surface area contributed by atoms with Crippen molar-refractivity contribution in [3.05, 3.63) is 47.6 Å². The number of aromatic nitrogens is 2. The summed E-state index contributed by atoms with van der Waals surface area (Å²) in [6.45, 7) is 3.04.